The molecule has 0 spiro atoms. The zero-order chi connectivity index (χ0) is 26.1. The first-order chi connectivity index (χ1) is 17.4. The van der Waals surface area contributed by atoms with Crippen molar-refractivity contribution in [3.05, 3.63) is 66.0 Å². The zero-order valence-corrected chi connectivity index (χ0v) is 20.7. The van der Waals surface area contributed by atoms with Gasteiger partial charge in [0, 0.05) is 51.5 Å². The van der Waals surface area contributed by atoms with Crippen LogP contribution >= 0.6 is 0 Å². The second kappa shape index (κ2) is 12.5. The fourth-order valence-corrected chi connectivity index (χ4v) is 4.29. The highest BCUT2D eigenvalue weighted by Crippen LogP contribution is 2.23. The van der Waals surface area contributed by atoms with Gasteiger partial charge in [-0.3, -0.25) is 14.4 Å². The van der Waals surface area contributed by atoms with Gasteiger partial charge in [-0.15, -0.1) is 6.42 Å². The molecule has 1 aliphatic rings. The summed E-state index contributed by atoms with van der Waals surface area (Å²) in [6.45, 7) is 5.32. The summed E-state index contributed by atoms with van der Waals surface area (Å²) in [5.41, 5.74) is 12.6. The van der Waals surface area contributed by atoms with Gasteiger partial charge >= 0.3 is 6.09 Å². The van der Waals surface area contributed by atoms with Crippen molar-refractivity contribution in [1.29, 1.82) is 0 Å². The average molecular weight is 492 g/mol. The Bertz CT molecular complexity index is 1160. The molecule has 0 saturated carbocycles. The number of alkyl carbamates (subject to hydrolysis) is 1. The van der Waals surface area contributed by atoms with E-state index in [1.165, 1.54) is 6.08 Å². The van der Waals surface area contributed by atoms with E-state index in [0.29, 0.717) is 37.6 Å². The fourth-order valence-electron chi connectivity index (χ4n) is 4.29. The van der Waals surface area contributed by atoms with Gasteiger partial charge in [-0.1, -0.05) is 24.6 Å². The normalized spacial score (nSPS) is 18.1. The maximum absolute atomic E-state index is 12.6. The molecule has 1 aromatic heterocycles. The van der Waals surface area contributed by atoms with Crippen LogP contribution in [0.1, 0.15) is 23.2 Å². The molecule has 0 bridgehead atoms. The molecule has 2 aromatic rings. The highest BCUT2D eigenvalue weighted by molar-refractivity contribution is 5.99. The summed E-state index contributed by atoms with van der Waals surface area (Å²) in [6.07, 6.45) is 8.91. The van der Waals surface area contributed by atoms with Gasteiger partial charge in [0.05, 0.1) is 11.6 Å². The Hall–Kier alpha value is -4.23. The number of carbonyl (C=O) groups is 2. The van der Waals surface area contributed by atoms with Crippen molar-refractivity contribution in [3.63, 3.8) is 0 Å². The Kier molecular flexibility index (Phi) is 9.13. The minimum atomic E-state index is -0.562. The Labute approximate surface area is 211 Å². The van der Waals surface area contributed by atoms with Gasteiger partial charge in [0.15, 0.2) is 0 Å². The second-order valence-electron chi connectivity index (χ2n) is 8.36. The molecular weight excluding hydrogens is 458 g/mol. The molecule has 1 saturated heterocycles. The van der Waals surface area contributed by atoms with E-state index in [1.54, 1.807) is 24.8 Å². The lowest BCUT2D eigenvalue weighted by molar-refractivity contribution is -0.127. The minimum absolute atomic E-state index is 0.108. The Morgan fingerprint density at radius 1 is 1.36 bits per heavy atom. The predicted molar refractivity (Wildman–Crippen MR) is 140 cm³/mol. The van der Waals surface area contributed by atoms with E-state index < -0.39 is 12.0 Å². The predicted octanol–water partition coefficient (Wildman–Crippen LogP) is 1.53. The summed E-state index contributed by atoms with van der Waals surface area (Å²) in [4.78, 5) is 31.5. The van der Waals surface area contributed by atoms with Gasteiger partial charge in [0.2, 0.25) is 5.91 Å². The zero-order valence-electron chi connectivity index (χ0n) is 20.7. The maximum Gasteiger partial charge on any atom is 0.407 e. The molecule has 1 aromatic carbocycles. The number of amides is 2. The smallest absolute Gasteiger partial charge is 0.407 e. The van der Waals surface area contributed by atoms with Crippen molar-refractivity contribution in [3.8, 4) is 12.3 Å². The number of nitrogens with zero attached hydrogens (tertiary/aromatic N) is 3. The summed E-state index contributed by atoms with van der Waals surface area (Å²) in [5.74, 6) is 2.36. The van der Waals surface area contributed by atoms with Crippen LogP contribution in [-0.4, -0.2) is 67.2 Å². The van der Waals surface area contributed by atoms with Crippen LogP contribution in [0.3, 0.4) is 0 Å². The van der Waals surface area contributed by atoms with E-state index in [4.69, 9.17) is 16.9 Å². The molecule has 5 N–H and O–H groups in total. The molecule has 3 rings (SSSR count). The molecule has 2 heterocycles. The lowest BCUT2D eigenvalue weighted by Crippen LogP contribution is -2.55. The Balaban J connectivity index is 1.79. The number of aromatic nitrogens is 1. The van der Waals surface area contributed by atoms with E-state index in [9.17, 15) is 9.59 Å². The number of nitrogens with one attached hydrogen (secondary N) is 3. The highest BCUT2D eigenvalue weighted by Gasteiger charge is 2.35. The van der Waals surface area contributed by atoms with E-state index in [1.807, 2.05) is 30.5 Å². The highest BCUT2D eigenvalue weighted by atomic mass is 16.5. The van der Waals surface area contributed by atoms with Crippen molar-refractivity contribution in [1.82, 2.24) is 20.2 Å². The number of piperidine rings is 1. The fraction of sp³-hybridized carbons (Fsp3) is 0.346. The van der Waals surface area contributed by atoms with Crippen LogP contribution in [-0.2, 0) is 16.1 Å². The molecule has 10 heteroatoms. The molecule has 190 valence electrons. The number of hydrogen-bond acceptors (Lipinski definition) is 6. The van der Waals surface area contributed by atoms with Crippen LogP contribution in [0.25, 0.3) is 0 Å². The third-order valence-electron chi connectivity index (χ3n) is 6.03. The van der Waals surface area contributed by atoms with Crippen molar-refractivity contribution in [2.45, 2.75) is 19.0 Å². The molecule has 1 aliphatic heterocycles. The number of benzene rings is 1. The molecular formula is C26H33N7O3. The standard InChI is InChI=1S/C26H33N7O3/c1-5-14-36-26(35)31-22-11-12-32(17-21(22)25(34)28-3)16-19-10-13-33(29-4)23(19)24(27)30-20-9-7-8-18(6-2)15-20/h2,5,7-10,13,15,21-22,29H,1,11-12,14,16-17H2,3-4H3,(H2,27,30)(H,28,34)(H,31,35)/t21-,22+/m0/s1. The van der Waals surface area contributed by atoms with Gasteiger partial charge < -0.3 is 26.5 Å². The monoisotopic (exact) mass is 491 g/mol. The van der Waals surface area contributed by atoms with E-state index in [0.717, 1.165) is 16.8 Å². The number of carbonyl (C=O) groups excluding carboxylic acids is 2. The summed E-state index contributed by atoms with van der Waals surface area (Å²) >= 11 is 0. The lowest BCUT2D eigenvalue weighted by Gasteiger charge is -2.37. The third-order valence-corrected chi connectivity index (χ3v) is 6.03. The van der Waals surface area contributed by atoms with Crippen LogP contribution in [0.2, 0.25) is 0 Å². The summed E-state index contributed by atoms with van der Waals surface area (Å²) in [7, 11) is 3.38. The van der Waals surface area contributed by atoms with E-state index in [2.05, 4.69) is 38.5 Å². The average Bonchev–Trinajstić information content (AvgIpc) is 3.30. The van der Waals surface area contributed by atoms with Crippen LogP contribution in [0, 0.1) is 18.3 Å². The Morgan fingerprint density at radius 3 is 2.86 bits per heavy atom. The van der Waals surface area contributed by atoms with Crippen LogP contribution < -0.4 is 21.8 Å². The number of hydrogen-bond donors (Lipinski definition) is 4. The molecule has 1 fully saturated rings. The van der Waals surface area contributed by atoms with Gasteiger partial charge in [-0.05, 0) is 36.2 Å². The first-order valence-electron chi connectivity index (χ1n) is 11.7. The number of nitrogens with two attached hydrogens (primary N) is 1. The molecule has 0 aliphatic carbocycles. The minimum Gasteiger partial charge on any atom is -0.445 e. The first-order valence-corrected chi connectivity index (χ1v) is 11.7. The molecule has 36 heavy (non-hydrogen) atoms. The van der Waals surface area contributed by atoms with Gasteiger partial charge in [-0.25, -0.2) is 9.79 Å². The van der Waals surface area contributed by atoms with E-state index >= 15 is 0 Å². The third kappa shape index (κ3) is 6.46. The largest absolute Gasteiger partial charge is 0.445 e. The van der Waals surface area contributed by atoms with Crippen molar-refractivity contribution < 1.29 is 14.3 Å². The van der Waals surface area contributed by atoms with Crippen LogP contribution in [0.4, 0.5) is 10.5 Å². The number of aliphatic imine (C=N–C) groups is 1. The summed E-state index contributed by atoms with van der Waals surface area (Å²) < 4.78 is 6.84. The molecule has 0 unspecified atom stereocenters. The summed E-state index contributed by atoms with van der Waals surface area (Å²) in [5, 5.41) is 5.52. The molecule has 2 atom stereocenters. The number of amidine groups is 1. The van der Waals surface area contributed by atoms with Crippen molar-refractivity contribution >= 4 is 23.5 Å². The van der Waals surface area contributed by atoms with E-state index in [-0.39, 0.29) is 18.6 Å². The Morgan fingerprint density at radius 2 is 2.17 bits per heavy atom. The van der Waals surface area contributed by atoms with Crippen LogP contribution in [0.15, 0.2) is 54.2 Å². The molecule has 2 amide bonds. The number of rotatable bonds is 9. The second-order valence-corrected chi connectivity index (χ2v) is 8.36. The van der Waals surface area contributed by atoms with Gasteiger partial charge in [-0.2, -0.15) is 0 Å². The molecule has 10 nitrogen and oxygen atoms in total. The quantitative estimate of drug-likeness (QED) is 0.182. The van der Waals surface area contributed by atoms with Crippen molar-refractivity contribution in [2.24, 2.45) is 16.6 Å². The van der Waals surface area contributed by atoms with Crippen molar-refractivity contribution in [2.75, 3.05) is 39.2 Å². The topological polar surface area (TPSA) is 126 Å². The lowest BCUT2D eigenvalue weighted by atomic mass is 9.91. The summed E-state index contributed by atoms with van der Waals surface area (Å²) in [6, 6.07) is 8.94. The maximum atomic E-state index is 12.6. The van der Waals surface area contributed by atoms with Gasteiger partial charge in [0.1, 0.15) is 18.1 Å². The van der Waals surface area contributed by atoms with Crippen LogP contribution in [0.5, 0.6) is 0 Å². The number of ether oxygens (including phenoxy) is 1. The first kappa shape index (κ1) is 26.4. The molecule has 0 radical (unpaired) electrons. The number of likely N-dealkylation sites (tertiary alicyclic amines) is 1. The SMILES string of the molecule is C#Cc1cccc(N=C(N)c2c(CN3CC[C@@H](NC(=O)OCC=C)[C@@H](C(=O)NC)C3)ccn2NC)c1. The number of terminal acetylenes is 1. The van der Waals surface area contributed by atoms with Gasteiger partial charge in [0.25, 0.3) is 0 Å².